The van der Waals surface area contributed by atoms with Gasteiger partial charge in [0.1, 0.15) is 0 Å². The molecule has 0 radical (unpaired) electrons. The Morgan fingerprint density at radius 1 is 0.619 bits per heavy atom. The van der Waals surface area contributed by atoms with Crippen LogP contribution >= 0.6 is 0 Å². The van der Waals surface area contributed by atoms with E-state index in [1.807, 2.05) is 0 Å². The van der Waals surface area contributed by atoms with Crippen LogP contribution in [0, 0.1) is 13.8 Å². The standard InChI is InChI=1S/C21H18/c1-14-4-3-5-16(10-14)17-8-9-20-19(12-17)13-18-7-6-15(2)11-21(18)20/h3-12H,13H2,1-2H3. The first-order valence-corrected chi connectivity index (χ1v) is 7.50. The van der Waals surface area contributed by atoms with Gasteiger partial charge >= 0.3 is 0 Å². The van der Waals surface area contributed by atoms with Gasteiger partial charge in [-0.25, -0.2) is 0 Å². The first kappa shape index (κ1) is 12.4. The van der Waals surface area contributed by atoms with E-state index in [2.05, 4.69) is 74.5 Å². The Balaban J connectivity index is 1.82. The molecule has 0 unspecified atom stereocenters. The molecule has 3 aromatic carbocycles. The molecule has 0 amide bonds. The predicted octanol–water partition coefficient (Wildman–Crippen LogP) is 5.54. The molecule has 0 heteroatoms. The largest absolute Gasteiger partial charge is 0.0614 e. The molecule has 4 rings (SSSR count). The fourth-order valence-electron chi connectivity index (χ4n) is 3.31. The van der Waals surface area contributed by atoms with E-state index in [1.54, 1.807) is 0 Å². The lowest BCUT2D eigenvalue weighted by atomic mass is 9.98. The van der Waals surface area contributed by atoms with E-state index in [0.29, 0.717) is 0 Å². The molecule has 0 aliphatic heterocycles. The summed E-state index contributed by atoms with van der Waals surface area (Å²) in [6.45, 7) is 4.31. The highest BCUT2D eigenvalue weighted by molar-refractivity contribution is 5.80. The molecule has 0 N–H and O–H groups in total. The van der Waals surface area contributed by atoms with Crippen LogP contribution in [0.25, 0.3) is 22.3 Å². The number of aryl methyl sites for hydroxylation is 2. The predicted molar refractivity (Wildman–Crippen MR) is 89.6 cm³/mol. The van der Waals surface area contributed by atoms with Crippen LogP contribution < -0.4 is 0 Å². The topological polar surface area (TPSA) is 0 Å². The van der Waals surface area contributed by atoms with Crippen molar-refractivity contribution in [2.45, 2.75) is 20.3 Å². The summed E-state index contributed by atoms with van der Waals surface area (Å²) in [7, 11) is 0. The zero-order valence-electron chi connectivity index (χ0n) is 12.5. The fourth-order valence-corrected chi connectivity index (χ4v) is 3.31. The van der Waals surface area contributed by atoms with Crippen LogP contribution in [0.4, 0.5) is 0 Å². The monoisotopic (exact) mass is 270 g/mol. The minimum absolute atomic E-state index is 1.06. The summed E-state index contributed by atoms with van der Waals surface area (Å²) in [5, 5.41) is 0. The SMILES string of the molecule is Cc1cccc(-c2ccc3c(c2)Cc2ccc(C)cc2-3)c1. The van der Waals surface area contributed by atoms with Gasteiger partial charge in [0.25, 0.3) is 0 Å². The van der Waals surface area contributed by atoms with Gasteiger partial charge in [-0.1, -0.05) is 71.8 Å². The minimum Gasteiger partial charge on any atom is -0.0614 e. The van der Waals surface area contributed by atoms with E-state index in [4.69, 9.17) is 0 Å². The van der Waals surface area contributed by atoms with Gasteiger partial charge < -0.3 is 0 Å². The van der Waals surface area contributed by atoms with Gasteiger partial charge in [0.2, 0.25) is 0 Å². The van der Waals surface area contributed by atoms with E-state index in [1.165, 1.54) is 44.5 Å². The zero-order valence-corrected chi connectivity index (χ0v) is 12.5. The van der Waals surface area contributed by atoms with Crippen LogP contribution in [-0.2, 0) is 6.42 Å². The van der Waals surface area contributed by atoms with Crippen molar-refractivity contribution in [1.29, 1.82) is 0 Å². The Bertz CT molecular complexity index is 840. The van der Waals surface area contributed by atoms with Gasteiger partial charge in [-0.2, -0.15) is 0 Å². The minimum atomic E-state index is 1.06. The Labute approximate surface area is 126 Å². The average molecular weight is 270 g/mol. The third kappa shape index (κ3) is 2.08. The number of hydrogen-bond donors (Lipinski definition) is 0. The molecule has 0 saturated carbocycles. The Morgan fingerprint density at radius 3 is 2.29 bits per heavy atom. The van der Waals surface area contributed by atoms with Crippen molar-refractivity contribution >= 4 is 0 Å². The van der Waals surface area contributed by atoms with Gasteiger partial charge in [0.15, 0.2) is 0 Å². The lowest BCUT2D eigenvalue weighted by molar-refractivity contribution is 1.26. The molecule has 0 bridgehead atoms. The first-order chi connectivity index (χ1) is 10.2. The summed E-state index contributed by atoms with van der Waals surface area (Å²) in [4.78, 5) is 0. The van der Waals surface area contributed by atoms with E-state index < -0.39 is 0 Å². The number of hydrogen-bond acceptors (Lipinski definition) is 0. The summed E-state index contributed by atoms with van der Waals surface area (Å²) in [5.74, 6) is 0. The molecule has 1 aliphatic carbocycles. The van der Waals surface area contributed by atoms with Gasteiger partial charge in [-0.3, -0.25) is 0 Å². The lowest BCUT2D eigenvalue weighted by Crippen LogP contribution is -1.84. The second kappa shape index (κ2) is 4.60. The molecule has 0 fully saturated rings. The Kier molecular flexibility index (Phi) is 2.71. The molecule has 0 aromatic heterocycles. The van der Waals surface area contributed by atoms with E-state index >= 15 is 0 Å². The molecule has 0 saturated heterocycles. The summed E-state index contributed by atoms with van der Waals surface area (Å²) in [5.41, 5.74) is 11.0. The van der Waals surface area contributed by atoms with Crippen molar-refractivity contribution < 1.29 is 0 Å². The molecule has 21 heavy (non-hydrogen) atoms. The molecule has 0 spiro atoms. The van der Waals surface area contributed by atoms with Crippen LogP contribution in [-0.4, -0.2) is 0 Å². The van der Waals surface area contributed by atoms with E-state index in [9.17, 15) is 0 Å². The summed E-state index contributed by atoms with van der Waals surface area (Å²) in [6, 6.07) is 22.4. The third-order valence-electron chi connectivity index (χ3n) is 4.39. The smallest absolute Gasteiger partial charge is 0.00132 e. The van der Waals surface area contributed by atoms with Gasteiger partial charge in [0, 0.05) is 0 Å². The van der Waals surface area contributed by atoms with Crippen molar-refractivity contribution in [2.75, 3.05) is 0 Å². The first-order valence-electron chi connectivity index (χ1n) is 7.50. The molecular formula is C21H18. The maximum atomic E-state index is 2.36. The normalized spacial score (nSPS) is 12.1. The number of rotatable bonds is 1. The van der Waals surface area contributed by atoms with E-state index in [0.717, 1.165) is 6.42 Å². The lowest BCUT2D eigenvalue weighted by Gasteiger charge is -2.07. The molecule has 0 atom stereocenters. The van der Waals surface area contributed by atoms with Crippen LogP contribution in [0.5, 0.6) is 0 Å². The average Bonchev–Trinajstić information content (AvgIpc) is 2.84. The molecule has 0 heterocycles. The highest BCUT2D eigenvalue weighted by Gasteiger charge is 2.18. The van der Waals surface area contributed by atoms with Crippen LogP contribution in [0.1, 0.15) is 22.3 Å². The van der Waals surface area contributed by atoms with Crippen LogP contribution in [0.3, 0.4) is 0 Å². The van der Waals surface area contributed by atoms with E-state index in [-0.39, 0.29) is 0 Å². The maximum absolute atomic E-state index is 2.36. The number of benzene rings is 3. The van der Waals surface area contributed by atoms with Crippen LogP contribution in [0.15, 0.2) is 60.7 Å². The van der Waals surface area contributed by atoms with Crippen molar-refractivity contribution in [3.8, 4) is 22.3 Å². The summed E-state index contributed by atoms with van der Waals surface area (Å²) < 4.78 is 0. The summed E-state index contributed by atoms with van der Waals surface area (Å²) >= 11 is 0. The Morgan fingerprint density at radius 2 is 1.43 bits per heavy atom. The molecule has 102 valence electrons. The second-order valence-electron chi connectivity index (χ2n) is 6.08. The quantitative estimate of drug-likeness (QED) is 0.426. The van der Waals surface area contributed by atoms with Crippen molar-refractivity contribution in [3.63, 3.8) is 0 Å². The molecular weight excluding hydrogens is 252 g/mol. The zero-order chi connectivity index (χ0) is 14.4. The van der Waals surface area contributed by atoms with Gasteiger partial charge in [-0.05, 0) is 53.6 Å². The number of fused-ring (bicyclic) bond motifs is 3. The molecule has 3 aromatic rings. The molecule has 1 aliphatic rings. The summed E-state index contributed by atoms with van der Waals surface area (Å²) in [6.07, 6.45) is 1.06. The van der Waals surface area contributed by atoms with Gasteiger partial charge in [0.05, 0.1) is 0 Å². The highest BCUT2D eigenvalue weighted by atomic mass is 14.2. The highest BCUT2D eigenvalue weighted by Crippen LogP contribution is 2.39. The fraction of sp³-hybridized carbons (Fsp3) is 0.143. The van der Waals surface area contributed by atoms with Crippen molar-refractivity contribution in [1.82, 2.24) is 0 Å². The molecule has 0 nitrogen and oxygen atoms in total. The van der Waals surface area contributed by atoms with Crippen LogP contribution in [0.2, 0.25) is 0 Å². The van der Waals surface area contributed by atoms with Crippen molar-refractivity contribution in [3.05, 3.63) is 82.9 Å². The third-order valence-corrected chi connectivity index (χ3v) is 4.39. The Hall–Kier alpha value is -2.34. The second-order valence-corrected chi connectivity index (χ2v) is 6.08. The maximum Gasteiger partial charge on any atom is -0.00132 e. The van der Waals surface area contributed by atoms with Crippen molar-refractivity contribution in [2.24, 2.45) is 0 Å². The van der Waals surface area contributed by atoms with Gasteiger partial charge in [-0.15, -0.1) is 0 Å².